The topological polar surface area (TPSA) is 42.1 Å². The van der Waals surface area contributed by atoms with Gasteiger partial charge in [-0.2, -0.15) is 0 Å². The molecule has 0 unspecified atom stereocenters. The fourth-order valence-electron chi connectivity index (χ4n) is 2.38. The number of ketones is 1. The lowest BCUT2D eigenvalue weighted by Gasteiger charge is -2.06. The van der Waals surface area contributed by atoms with E-state index in [2.05, 4.69) is 20.9 Å². The molecule has 2 aromatic carbocycles. The molecule has 0 atom stereocenters. The number of alkyl halides is 1. The summed E-state index contributed by atoms with van der Waals surface area (Å²) in [7, 11) is 0. The molecule has 3 rings (SSSR count). The number of aromatic amines is 1. The van der Waals surface area contributed by atoms with Gasteiger partial charge in [0.25, 0.3) is 0 Å². The van der Waals surface area contributed by atoms with Crippen LogP contribution in [-0.4, -0.2) is 16.1 Å². The van der Waals surface area contributed by atoms with Crippen molar-refractivity contribution in [2.24, 2.45) is 0 Å². The van der Waals surface area contributed by atoms with E-state index in [0.29, 0.717) is 22.9 Å². The normalized spacial score (nSPS) is 10.8. The van der Waals surface area contributed by atoms with Crippen LogP contribution in [0.5, 0.6) is 5.75 Å². The van der Waals surface area contributed by atoms with Gasteiger partial charge < -0.3 is 9.72 Å². The SMILES string of the molecule is O=C(CBr)c1c(COc2ccc(Cl)cc2)[nH]c2ccccc12. The van der Waals surface area contributed by atoms with E-state index in [1.807, 2.05) is 24.3 Å². The quantitative estimate of drug-likeness (QED) is 0.502. The first kappa shape index (κ1) is 15.1. The van der Waals surface area contributed by atoms with Crippen LogP contribution < -0.4 is 4.74 Å². The number of para-hydroxylation sites is 1. The average Bonchev–Trinajstić information content (AvgIpc) is 2.92. The van der Waals surface area contributed by atoms with Crippen LogP contribution in [0.4, 0.5) is 0 Å². The molecule has 3 aromatic rings. The number of rotatable bonds is 5. The lowest BCUT2D eigenvalue weighted by molar-refractivity contribution is 0.102. The van der Waals surface area contributed by atoms with E-state index < -0.39 is 0 Å². The Labute approximate surface area is 141 Å². The van der Waals surface area contributed by atoms with Crippen LogP contribution in [0, 0.1) is 0 Å². The number of carbonyl (C=O) groups excluding carboxylic acids is 1. The molecule has 1 aromatic heterocycles. The van der Waals surface area contributed by atoms with E-state index in [1.54, 1.807) is 24.3 Å². The lowest BCUT2D eigenvalue weighted by Crippen LogP contribution is -2.06. The highest BCUT2D eigenvalue weighted by Crippen LogP contribution is 2.25. The van der Waals surface area contributed by atoms with Crippen LogP contribution in [0.3, 0.4) is 0 Å². The molecule has 0 saturated carbocycles. The number of H-pyrrole nitrogens is 1. The second-order valence-corrected chi connectivity index (χ2v) is 5.82. The van der Waals surface area contributed by atoms with Gasteiger partial charge in [0.1, 0.15) is 12.4 Å². The second kappa shape index (κ2) is 6.55. The Morgan fingerprint density at radius 3 is 2.59 bits per heavy atom. The van der Waals surface area contributed by atoms with Crippen molar-refractivity contribution in [1.82, 2.24) is 4.98 Å². The summed E-state index contributed by atoms with van der Waals surface area (Å²) in [6.45, 7) is 0.296. The number of hydrogen-bond donors (Lipinski definition) is 1. The lowest BCUT2D eigenvalue weighted by atomic mass is 10.1. The third-order valence-corrected chi connectivity index (χ3v) is 4.14. The number of halogens is 2. The van der Waals surface area contributed by atoms with E-state index in [4.69, 9.17) is 16.3 Å². The summed E-state index contributed by atoms with van der Waals surface area (Å²) in [6.07, 6.45) is 0. The molecule has 0 bridgehead atoms. The van der Waals surface area contributed by atoms with Gasteiger partial charge in [-0.3, -0.25) is 4.79 Å². The molecule has 1 N–H and O–H groups in total. The first-order chi connectivity index (χ1) is 10.7. The van der Waals surface area contributed by atoms with Crippen molar-refractivity contribution >= 4 is 44.2 Å². The molecule has 112 valence electrons. The summed E-state index contributed by atoms with van der Waals surface area (Å²) >= 11 is 9.10. The summed E-state index contributed by atoms with van der Waals surface area (Å²) in [6, 6.07) is 14.9. The van der Waals surface area contributed by atoms with E-state index >= 15 is 0 Å². The van der Waals surface area contributed by atoms with Crippen molar-refractivity contribution in [2.75, 3.05) is 5.33 Å². The van der Waals surface area contributed by atoms with Crippen molar-refractivity contribution in [2.45, 2.75) is 6.61 Å². The average molecular weight is 379 g/mol. The Hall–Kier alpha value is -1.78. The number of carbonyl (C=O) groups is 1. The maximum atomic E-state index is 12.2. The molecule has 3 nitrogen and oxygen atoms in total. The predicted molar refractivity (Wildman–Crippen MR) is 92.2 cm³/mol. The minimum absolute atomic E-state index is 0.0344. The third kappa shape index (κ3) is 3.03. The zero-order valence-electron chi connectivity index (χ0n) is 11.6. The van der Waals surface area contributed by atoms with Crippen molar-refractivity contribution in [3.05, 3.63) is 64.8 Å². The number of fused-ring (bicyclic) bond motifs is 1. The zero-order valence-corrected chi connectivity index (χ0v) is 13.9. The van der Waals surface area contributed by atoms with Crippen molar-refractivity contribution in [3.8, 4) is 5.75 Å². The summed E-state index contributed by atoms with van der Waals surface area (Å²) < 4.78 is 5.75. The fourth-order valence-corrected chi connectivity index (χ4v) is 2.78. The second-order valence-electron chi connectivity index (χ2n) is 4.82. The summed E-state index contributed by atoms with van der Waals surface area (Å²) in [4.78, 5) is 15.5. The van der Waals surface area contributed by atoms with Crippen LogP contribution in [0.1, 0.15) is 16.1 Å². The van der Waals surface area contributed by atoms with Crippen LogP contribution >= 0.6 is 27.5 Å². The molecule has 0 aliphatic heterocycles. The third-order valence-electron chi connectivity index (χ3n) is 3.38. The minimum atomic E-state index is 0.0344. The minimum Gasteiger partial charge on any atom is -0.487 e. The summed E-state index contributed by atoms with van der Waals surface area (Å²) in [5.41, 5.74) is 2.39. The summed E-state index contributed by atoms with van der Waals surface area (Å²) in [5.74, 6) is 0.743. The van der Waals surface area contributed by atoms with Gasteiger partial charge in [-0.25, -0.2) is 0 Å². The largest absolute Gasteiger partial charge is 0.487 e. The Balaban J connectivity index is 1.92. The first-order valence-electron chi connectivity index (χ1n) is 6.76. The smallest absolute Gasteiger partial charge is 0.175 e. The van der Waals surface area contributed by atoms with Crippen LogP contribution in [0.15, 0.2) is 48.5 Å². The Bertz CT molecular complexity index is 811. The van der Waals surface area contributed by atoms with E-state index in [-0.39, 0.29) is 11.1 Å². The van der Waals surface area contributed by atoms with Gasteiger partial charge >= 0.3 is 0 Å². The van der Waals surface area contributed by atoms with Gasteiger partial charge in [-0.1, -0.05) is 45.7 Å². The van der Waals surface area contributed by atoms with E-state index in [1.165, 1.54) is 0 Å². The number of benzene rings is 2. The molecule has 0 amide bonds. The van der Waals surface area contributed by atoms with Gasteiger partial charge in [-0.05, 0) is 30.3 Å². The number of hydrogen-bond acceptors (Lipinski definition) is 2. The molecule has 0 saturated heterocycles. The van der Waals surface area contributed by atoms with Gasteiger partial charge in [-0.15, -0.1) is 0 Å². The van der Waals surface area contributed by atoms with Crippen molar-refractivity contribution in [1.29, 1.82) is 0 Å². The van der Waals surface area contributed by atoms with Gasteiger partial charge in [0.2, 0.25) is 0 Å². The predicted octanol–water partition coefficient (Wildman–Crippen LogP) is 4.98. The number of Topliss-reactive ketones (excluding diaryl/α,β-unsaturated/α-hetero) is 1. The van der Waals surface area contributed by atoms with E-state index in [0.717, 1.165) is 16.6 Å². The molecule has 0 radical (unpaired) electrons. The monoisotopic (exact) mass is 377 g/mol. The van der Waals surface area contributed by atoms with Crippen LogP contribution in [-0.2, 0) is 6.61 Å². The number of aromatic nitrogens is 1. The molecular weight excluding hydrogens is 366 g/mol. The zero-order chi connectivity index (χ0) is 15.5. The molecule has 0 spiro atoms. The van der Waals surface area contributed by atoms with E-state index in [9.17, 15) is 4.79 Å². The molecule has 0 aliphatic carbocycles. The van der Waals surface area contributed by atoms with Gasteiger partial charge in [0.15, 0.2) is 5.78 Å². The highest BCUT2D eigenvalue weighted by molar-refractivity contribution is 9.09. The molecular formula is C17H13BrClNO2. The standard InChI is InChI=1S/C17H13BrClNO2/c18-9-16(21)17-13-3-1-2-4-14(13)20-15(17)10-22-12-7-5-11(19)6-8-12/h1-8,20H,9-10H2. The Kier molecular flexibility index (Phi) is 4.50. The number of nitrogens with one attached hydrogen (secondary N) is 1. The molecule has 22 heavy (non-hydrogen) atoms. The van der Waals surface area contributed by atoms with Crippen molar-refractivity contribution < 1.29 is 9.53 Å². The van der Waals surface area contributed by atoms with Crippen molar-refractivity contribution in [3.63, 3.8) is 0 Å². The first-order valence-corrected chi connectivity index (χ1v) is 8.26. The highest BCUT2D eigenvalue weighted by atomic mass is 79.9. The molecule has 0 fully saturated rings. The fraction of sp³-hybridized carbons (Fsp3) is 0.118. The summed E-state index contributed by atoms with van der Waals surface area (Å²) in [5, 5.41) is 1.86. The highest BCUT2D eigenvalue weighted by Gasteiger charge is 2.17. The molecule has 1 heterocycles. The van der Waals surface area contributed by atoms with Crippen LogP contribution in [0.2, 0.25) is 5.02 Å². The Morgan fingerprint density at radius 1 is 1.14 bits per heavy atom. The Morgan fingerprint density at radius 2 is 1.86 bits per heavy atom. The number of ether oxygens (including phenoxy) is 1. The molecule has 5 heteroatoms. The van der Waals surface area contributed by atoms with Gasteiger partial charge in [0.05, 0.1) is 16.6 Å². The maximum absolute atomic E-state index is 12.2. The van der Waals surface area contributed by atoms with Crippen LogP contribution in [0.25, 0.3) is 10.9 Å². The molecule has 0 aliphatic rings. The van der Waals surface area contributed by atoms with Gasteiger partial charge in [0, 0.05) is 15.9 Å². The maximum Gasteiger partial charge on any atom is 0.175 e.